The highest BCUT2D eigenvalue weighted by Gasteiger charge is 2.11. The first-order chi connectivity index (χ1) is 7.52. The zero-order chi connectivity index (χ0) is 12.1. The van der Waals surface area contributed by atoms with Gasteiger partial charge < -0.3 is 4.90 Å². The Morgan fingerprint density at radius 1 is 1.50 bits per heavy atom. The lowest BCUT2D eigenvalue weighted by Crippen LogP contribution is -2.43. The first-order valence-electron chi connectivity index (χ1n) is 5.07. The molecule has 0 aliphatic carbocycles. The zero-order valence-corrected chi connectivity index (χ0v) is 11.1. The van der Waals surface area contributed by atoms with Crippen molar-refractivity contribution in [2.24, 2.45) is 5.84 Å². The SMILES string of the molecule is CN(C)CC(Cc1cc(F)ccc1Br)NN. The monoisotopic (exact) mass is 289 g/mol. The molecule has 0 fully saturated rings. The summed E-state index contributed by atoms with van der Waals surface area (Å²) in [6.45, 7) is 0.805. The van der Waals surface area contributed by atoms with E-state index in [1.165, 1.54) is 12.1 Å². The maximum Gasteiger partial charge on any atom is 0.123 e. The van der Waals surface area contributed by atoms with E-state index in [2.05, 4.69) is 21.4 Å². The fourth-order valence-electron chi connectivity index (χ4n) is 1.58. The summed E-state index contributed by atoms with van der Waals surface area (Å²) < 4.78 is 14.0. The van der Waals surface area contributed by atoms with Crippen LogP contribution >= 0.6 is 15.9 Å². The van der Waals surface area contributed by atoms with Crippen LogP contribution in [0, 0.1) is 5.82 Å². The summed E-state index contributed by atoms with van der Waals surface area (Å²) in [6.07, 6.45) is 0.688. The lowest BCUT2D eigenvalue weighted by molar-refractivity contribution is 0.338. The molecule has 0 amide bonds. The molecule has 3 nitrogen and oxygen atoms in total. The van der Waals surface area contributed by atoms with Gasteiger partial charge in [0, 0.05) is 17.1 Å². The average Bonchev–Trinajstić information content (AvgIpc) is 2.21. The Morgan fingerprint density at radius 3 is 2.75 bits per heavy atom. The van der Waals surface area contributed by atoms with Gasteiger partial charge in [0.25, 0.3) is 0 Å². The predicted molar refractivity (Wildman–Crippen MR) is 67.5 cm³/mol. The van der Waals surface area contributed by atoms with Crippen molar-refractivity contribution < 1.29 is 4.39 Å². The second-order valence-electron chi connectivity index (χ2n) is 4.07. The number of nitrogens with one attached hydrogen (secondary N) is 1. The van der Waals surface area contributed by atoms with Crippen LogP contribution in [0.15, 0.2) is 22.7 Å². The van der Waals surface area contributed by atoms with Crippen LogP contribution in [0.4, 0.5) is 4.39 Å². The van der Waals surface area contributed by atoms with Gasteiger partial charge in [-0.05, 0) is 44.3 Å². The van der Waals surface area contributed by atoms with Crippen LogP contribution in [0.5, 0.6) is 0 Å². The standard InChI is InChI=1S/C11H17BrFN3/c1-16(2)7-10(15-14)6-8-5-9(13)3-4-11(8)12/h3-5,10,15H,6-7,14H2,1-2H3. The van der Waals surface area contributed by atoms with E-state index < -0.39 is 0 Å². The number of hydrogen-bond acceptors (Lipinski definition) is 3. The van der Waals surface area contributed by atoms with E-state index in [0.717, 1.165) is 16.6 Å². The summed E-state index contributed by atoms with van der Waals surface area (Å²) in [5, 5.41) is 0. The van der Waals surface area contributed by atoms with Gasteiger partial charge in [-0.1, -0.05) is 15.9 Å². The topological polar surface area (TPSA) is 41.3 Å². The van der Waals surface area contributed by atoms with Crippen molar-refractivity contribution in [3.05, 3.63) is 34.1 Å². The Kier molecular flexibility index (Phi) is 5.34. The molecule has 1 atom stereocenters. The van der Waals surface area contributed by atoms with Gasteiger partial charge in [0.15, 0.2) is 0 Å². The lowest BCUT2D eigenvalue weighted by atomic mass is 10.1. The molecule has 0 heterocycles. The minimum absolute atomic E-state index is 0.105. The molecular formula is C11H17BrFN3. The molecule has 0 aliphatic heterocycles. The fraction of sp³-hybridized carbons (Fsp3) is 0.455. The number of likely N-dealkylation sites (N-methyl/N-ethyl adjacent to an activating group) is 1. The summed E-state index contributed by atoms with van der Waals surface area (Å²) in [5.41, 5.74) is 3.66. The first-order valence-corrected chi connectivity index (χ1v) is 5.87. The maximum atomic E-state index is 13.1. The number of rotatable bonds is 5. The molecule has 0 bridgehead atoms. The molecule has 5 heteroatoms. The molecule has 3 N–H and O–H groups in total. The summed E-state index contributed by atoms with van der Waals surface area (Å²) in [7, 11) is 3.95. The fourth-order valence-corrected chi connectivity index (χ4v) is 1.99. The van der Waals surface area contributed by atoms with E-state index in [9.17, 15) is 4.39 Å². The number of benzene rings is 1. The lowest BCUT2D eigenvalue weighted by Gasteiger charge is -2.20. The third-order valence-corrected chi connectivity index (χ3v) is 3.07. The van der Waals surface area contributed by atoms with Gasteiger partial charge in [-0.2, -0.15) is 0 Å². The molecule has 0 saturated carbocycles. The largest absolute Gasteiger partial charge is 0.308 e. The Morgan fingerprint density at radius 2 is 2.19 bits per heavy atom. The highest BCUT2D eigenvalue weighted by molar-refractivity contribution is 9.10. The van der Waals surface area contributed by atoms with E-state index in [1.54, 1.807) is 6.07 Å². The second kappa shape index (κ2) is 6.30. The van der Waals surface area contributed by atoms with Crippen molar-refractivity contribution in [2.45, 2.75) is 12.5 Å². The van der Waals surface area contributed by atoms with Crippen molar-refractivity contribution in [1.82, 2.24) is 10.3 Å². The van der Waals surface area contributed by atoms with Crippen molar-refractivity contribution in [3.8, 4) is 0 Å². The maximum absolute atomic E-state index is 13.1. The van der Waals surface area contributed by atoms with E-state index >= 15 is 0 Å². The van der Waals surface area contributed by atoms with Crippen molar-refractivity contribution in [1.29, 1.82) is 0 Å². The third-order valence-electron chi connectivity index (χ3n) is 2.30. The quantitative estimate of drug-likeness (QED) is 0.638. The molecule has 0 radical (unpaired) electrons. The number of halogens is 2. The Hall–Kier alpha value is -0.490. The molecule has 16 heavy (non-hydrogen) atoms. The molecule has 1 rings (SSSR count). The molecule has 90 valence electrons. The van der Waals surface area contributed by atoms with Crippen LogP contribution in [0.25, 0.3) is 0 Å². The normalized spacial score (nSPS) is 13.1. The van der Waals surface area contributed by atoms with Crippen molar-refractivity contribution >= 4 is 15.9 Å². The summed E-state index contributed by atoms with van der Waals surface area (Å²) in [6, 6.07) is 4.79. The molecule has 0 aromatic heterocycles. The Labute approximate surface area is 104 Å². The van der Waals surface area contributed by atoms with E-state index in [0.29, 0.717) is 6.42 Å². The van der Waals surface area contributed by atoms with Crippen LogP contribution in [-0.4, -0.2) is 31.6 Å². The molecule has 1 unspecified atom stereocenters. The molecule has 1 aromatic rings. The van der Waals surface area contributed by atoms with E-state index in [4.69, 9.17) is 5.84 Å². The molecule has 1 aromatic carbocycles. The molecular weight excluding hydrogens is 273 g/mol. The molecule has 0 saturated heterocycles. The van der Waals surface area contributed by atoms with Gasteiger partial charge in [0.05, 0.1) is 0 Å². The van der Waals surface area contributed by atoms with Crippen LogP contribution in [0.2, 0.25) is 0 Å². The second-order valence-corrected chi connectivity index (χ2v) is 4.92. The smallest absolute Gasteiger partial charge is 0.123 e. The Bertz CT molecular complexity index is 344. The zero-order valence-electron chi connectivity index (χ0n) is 9.50. The summed E-state index contributed by atoms with van der Waals surface area (Å²) in [4.78, 5) is 2.04. The highest BCUT2D eigenvalue weighted by atomic mass is 79.9. The molecule has 0 aliphatic rings. The van der Waals surface area contributed by atoms with E-state index in [1.807, 2.05) is 19.0 Å². The first kappa shape index (κ1) is 13.6. The number of hydrazine groups is 1. The van der Waals surface area contributed by atoms with Crippen LogP contribution < -0.4 is 11.3 Å². The molecule has 0 spiro atoms. The van der Waals surface area contributed by atoms with Crippen LogP contribution in [-0.2, 0) is 6.42 Å². The highest BCUT2D eigenvalue weighted by Crippen LogP contribution is 2.19. The van der Waals surface area contributed by atoms with Crippen molar-refractivity contribution in [2.75, 3.05) is 20.6 Å². The van der Waals surface area contributed by atoms with Gasteiger partial charge >= 0.3 is 0 Å². The number of nitrogens with two attached hydrogens (primary N) is 1. The van der Waals surface area contributed by atoms with Gasteiger partial charge in [0.1, 0.15) is 5.82 Å². The minimum Gasteiger partial charge on any atom is -0.308 e. The van der Waals surface area contributed by atoms with Gasteiger partial charge in [-0.3, -0.25) is 11.3 Å². The minimum atomic E-state index is -0.223. The van der Waals surface area contributed by atoms with Gasteiger partial charge in [0.2, 0.25) is 0 Å². The summed E-state index contributed by atoms with van der Waals surface area (Å²) in [5.74, 6) is 5.25. The third kappa shape index (κ3) is 4.17. The number of nitrogens with zero attached hydrogens (tertiary/aromatic N) is 1. The summed E-state index contributed by atoms with van der Waals surface area (Å²) >= 11 is 3.41. The van der Waals surface area contributed by atoms with Crippen molar-refractivity contribution in [3.63, 3.8) is 0 Å². The predicted octanol–water partition coefficient (Wildman–Crippen LogP) is 1.52. The van der Waals surface area contributed by atoms with E-state index in [-0.39, 0.29) is 11.9 Å². The number of hydrogen-bond donors (Lipinski definition) is 2. The van der Waals surface area contributed by atoms with Gasteiger partial charge in [-0.15, -0.1) is 0 Å². The van der Waals surface area contributed by atoms with Crippen LogP contribution in [0.3, 0.4) is 0 Å². The van der Waals surface area contributed by atoms with Gasteiger partial charge in [-0.25, -0.2) is 4.39 Å². The average molecular weight is 290 g/mol. The van der Waals surface area contributed by atoms with Crippen LogP contribution in [0.1, 0.15) is 5.56 Å². The Balaban J connectivity index is 2.73.